The van der Waals surface area contributed by atoms with Crippen molar-refractivity contribution in [2.75, 3.05) is 0 Å². The fourth-order valence-electron chi connectivity index (χ4n) is 1.40. The van der Waals surface area contributed by atoms with E-state index in [0.717, 1.165) is 16.9 Å². The Labute approximate surface area is 102 Å². The lowest BCUT2D eigenvalue weighted by atomic mass is 10.1. The van der Waals surface area contributed by atoms with Crippen LogP contribution in [0, 0.1) is 12.8 Å². The lowest BCUT2D eigenvalue weighted by Crippen LogP contribution is -2.19. The van der Waals surface area contributed by atoms with Gasteiger partial charge in [0.05, 0.1) is 6.10 Å². The zero-order valence-corrected chi connectivity index (χ0v) is 10.8. The van der Waals surface area contributed by atoms with Crippen molar-refractivity contribution in [3.05, 3.63) is 29.3 Å². The summed E-state index contributed by atoms with van der Waals surface area (Å²) in [5.41, 5.74) is 7.20. The molecule has 0 bridgehead atoms. The minimum atomic E-state index is 0.117. The maximum atomic E-state index is 8.63. The van der Waals surface area contributed by atoms with E-state index in [4.69, 9.17) is 15.7 Å². The van der Waals surface area contributed by atoms with Gasteiger partial charge in [-0.1, -0.05) is 19.0 Å². The largest absolute Gasteiger partial charge is 0.490 e. The molecule has 1 atom stereocenters. The standard InChI is InChI=1S/C13H20N2O2/c1-8(2)10(4)17-11-5-6-12(9(3)7-11)13(14)15-16/h5-8,10,16H,1-4H3,(H2,14,15). The van der Waals surface area contributed by atoms with Crippen LogP contribution < -0.4 is 10.5 Å². The summed E-state index contributed by atoms with van der Waals surface area (Å²) in [7, 11) is 0. The van der Waals surface area contributed by atoms with Gasteiger partial charge in [0.2, 0.25) is 0 Å². The molecule has 0 aliphatic heterocycles. The molecule has 0 aromatic heterocycles. The van der Waals surface area contributed by atoms with E-state index in [1.54, 1.807) is 6.07 Å². The zero-order chi connectivity index (χ0) is 13.0. The summed E-state index contributed by atoms with van der Waals surface area (Å²) in [5.74, 6) is 1.38. The molecule has 94 valence electrons. The number of oxime groups is 1. The van der Waals surface area contributed by atoms with Crippen molar-refractivity contribution in [3.8, 4) is 5.75 Å². The predicted molar refractivity (Wildman–Crippen MR) is 68.6 cm³/mol. The van der Waals surface area contributed by atoms with Gasteiger partial charge in [-0.05, 0) is 43.5 Å². The first-order chi connectivity index (χ1) is 7.95. The normalized spacial score (nSPS) is 13.8. The van der Waals surface area contributed by atoms with E-state index in [1.807, 2.05) is 26.0 Å². The van der Waals surface area contributed by atoms with E-state index in [2.05, 4.69) is 19.0 Å². The minimum Gasteiger partial charge on any atom is -0.490 e. The molecule has 1 aromatic carbocycles. The molecule has 1 rings (SSSR count). The van der Waals surface area contributed by atoms with Gasteiger partial charge < -0.3 is 15.7 Å². The van der Waals surface area contributed by atoms with Gasteiger partial charge in [0, 0.05) is 5.56 Å². The minimum absolute atomic E-state index is 0.117. The summed E-state index contributed by atoms with van der Waals surface area (Å²) in [4.78, 5) is 0. The Morgan fingerprint density at radius 1 is 1.35 bits per heavy atom. The van der Waals surface area contributed by atoms with Crippen LogP contribution in [0.1, 0.15) is 31.9 Å². The molecule has 4 heteroatoms. The van der Waals surface area contributed by atoms with Crippen LogP contribution in [0.3, 0.4) is 0 Å². The number of amidine groups is 1. The number of benzene rings is 1. The first kappa shape index (κ1) is 13.4. The van der Waals surface area contributed by atoms with Crippen molar-refractivity contribution in [2.45, 2.75) is 33.8 Å². The fourth-order valence-corrected chi connectivity index (χ4v) is 1.40. The molecule has 1 unspecified atom stereocenters. The number of hydrogen-bond donors (Lipinski definition) is 2. The van der Waals surface area contributed by atoms with Crippen molar-refractivity contribution in [2.24, 2.45) is 16.8 Å². The maximum Gasteiger partial charge on any atom is 0.170 e. The molecule has 3 N–H and O–H groups in total. The summed E-state index contributed by atoms with van der Waals surface area (Å²) in [5, 5.41) is 11.6. The molecule has 1 aromatic rings. The second-order valence-electron chi connectivity index (χ2n) is 4.53. The Balaban J connectivity index is 2.90. The van der Waals surface area contributed by atoms with Gasteiger partial charge in [-0.3, -0.25) is 0 Å². The molecule has 0 radical (unpaired) electrons. The number of hydrogen-bond acceptors (Lipinski definition) is 3. The third-order valence-corrected chi connectivity index (χ3v) is 2.84. The van der Waals surface area contributed by atoms with Crippen LogP contribution in [0.2, 0.25) is 0 Å². The quantitative estimate of drug-likeness (QED) is 0.365. The van der Waals surface area contributed by atoms with E-state index < -0.39 is 0 Å². The highest BCUT2D eigenvalue weighted by molar-refractivity contribution is 5.98. The SMILES string of the molecule is Cc1cc(OC(C)C(C)C)ccc1/C(N)=N/O. The maximum absolute atomic E-state index is 8.63. The summed E-state index contributed by atoms with van der Waals surface area (Å²) in [6.07, 6.45) is 0.157. The molecular weight excluding hydrogens is 216 g/mol. The number of ether oxygens (including phenoxy) is 1. The van der Waals surface area contributed by atoms with Gasteiger partial charge in [-0.15, -0.1) is 0 Å². The molecule has 0 aliphatic carbocycles. The van der Waals surface area contributed by atoms with E-state index in [0.29, 0.717) is 5.92 Å². The highest BCUT2D eigenvalue weighted by Gasteiger charge is 2.10. The molecule has 0 aliphatic rings. The van der Waals surface area contributed by atoms with Crippen LogP contribution in [0.5, 0.6) is 5.75 Å². The number of nitrogens with two attached hydrogens (primary N) is 1. The second kappa shape index (κ2) is 5.57. The van der Waals surface area contributed by atoms with Crippen molar-refractivity contribution in [1.82, 2.24) is 0 Å². The first-order valence-electron chi connectivity index (χ1n) is 5.71. The van der Waals surface area contributed by atoms with E-state index in [1.165, 1.54) is 0 Å². The number of aryl methyl sites for hydroxylation is 1. The van der Waals surface area contributed by atoms with Crippen LogP contribution in [0.4, 0.5) is 0 Å². The van der Waals surface area contributed by atoms with Gasteiger partial charge in [-0.2, -0.15) is 0 Å². The molecule has 17 heavy (non-hydrogen) atoms. The van der Waals surface area contributed by atoms with Crippen LogP contribution in [0.15, 0.2) is 23.4 Å². The highest BCUT2D eigenvalue weighted by atomic mass is 16.5. The van der Waals surface area contributed by atoms with Crippen LogP contribution in [-0.2, 0) is 0 Å². The Hall–Kier alpha value is -1.71. The molecule has 4 nitrogen and oxygen atoms in total. The van der Waals surface area contributed by atoms with Crippen molar-refractivity contribution >= 4 is 5.84 Å². The van der Waals surface area contributed by atoms with Crippen LogP contribution in [0.25, 0.3) is 0 Å². The Kier molecular flexibility index (Phi) is 4.37. The Morgan fingerprint density at radius 3 is 2.47 bits per heavy atom. The number of rotatable bonds is 4. The highest BCUT2D eigenvalue weighted by Crippen LogP contribution is 2.20. The molecule has 0 amide bonds. The van der Waals surface area contributed by atoms with Gasteiger partial charge in [0.1, 0.15) is 5.75 Å². The summed E-state index contributed by atoms with van der Waals surface area (Å²) >= 11 is 0. The summed E-state index contributed by atoms with van der Waals surface area (Å²) in [6.45, 7) is 8.17. The van der Waals surface area contributed by atoms with Crippen molar-refractivity contribution < 1.29 is 9.94 Å². The van der Waals surface area contributed by atoms with Crippen molar-refractivity contribution in [3.63, 3.8) is 0 Å². The van der Waals surface area contributed by atoms with Crippen molar-refractivity contribution in [1.29, 1.82) is 0 Å². The first-order valence-corrected chi connectivity index (χ1v) is 5.71. The lowest BCUT2D eigenvalue weighted by molar-refractivity contribution is 0.170. The third kappa shape index (κ3) is 3.37. The number of nitrogens with zero attached hydrogens (tertiary/aromatic N) is 1. The van der Waals surface area contributed by atoms with E-state index >= 15 is 0 Å². The van der Waals surface area contributed by atoms with Crippen LogP contribution >= 0.6 is 0 Å². The van der Waals surface area contributed by atoms with Gasteiger partial charge in [-0.25, -0.2) is 0 Å². The smallest absolute Gasteiger partial charge is 0.170 e. The Bertz CT molecular complexity index is 414. The average molecular weight is 236 g/mol. The fraction of sp³-hybridized carbons (Fsp3) is 0.462. The Morgan fingerprint density at radius 2 is 2.00 bits per heavy atom. The average Bonchev–Trinajstić information content (AvgIpc) is 2.28. The monoisotopic (exact) mass is 236 g/mol. The van der Waals surface area contributed by atoms with Gasteiger partial charge >= 0.3 is 0 Å². The molecule has 0 saturated carbocycles. The molecule has 0 heterocycles. The second-order valence-corrected chi connectivity index (χ2v) is 4.53. The molecule has 0 spiro atoms. The summed E-state index contributed by atoms with van der Waals surface area (Å²) < 4.78 is 5.78. The van der Waals surface area contributed by atoms with Gasteiger partial charge in [0.15, 0.2) is 5.84 Å². The molecule has 0 saturated heterocycles. The molecular formula is C13H20N2O2. The lowest BCUT2D eigenvalue weighted by Gasteiger charge is -2.18. The van der Waals surface area contributed by atoms with Crippen LogP contribution in [-0.4, -0.2) is 17.1 Å². The van der Waals surface area contributed by atoms with E-state index in [-0.39, 0.29) is 11.9 Å². The molecule has 0 fully saturated rings. The predicted octanol–water partition coefficient (Wildman–Crippen LogP) is 2.51. The summed E-state index contributed by atoms with van der Waals surface area (Å²) in [6, 6.07) is 5.53. The van der Waals surface area contributed by atoms with Gasteiger partial charge in [0.25, 0.3) is 0 Å². The topological polar surface area (TPSA) is 67.8 Å². The third-order valence-electron chi connectivity index (χ3n) is 2.84. The van der Waals surface area contributed by atoms with E-state index in [9.17, 15) is 0 Å². The zero-order valence-electron chi connectivity index (χ0n) is 10.8.